The van der Waals surface area contributed by atoms with Crippen molar-refractivity contribution in [3.63, 3.8) is 0 Å². The largest absolute Gasteiger partial charge is 0.355 e. The van der Waals surface area contributed by atoms with Gasteiger partial charge in [-0.05, 0) is 31.7 Å². The molecule has 0 spiro atoms. The normalized spacial score (nSPS) is 26.9. The fourth-order valence-electron chi connectivity index (χ4n) is 2.56. The predicted octanol–water partition coefficient (Wildman–Crippen LogP) is 1.82. The summed E-state index contributed by atoms with van der Waals surface area (Å²) in [4.78, 5) is 11.9. The first kappa shape index (κ1) is 11.9. The van der Waals surface area contributed by atoms with Gasteiger partial charge in [-0.2, -0.15) is 0 Å². The van der Waals surface area contributed by atoms with E-state index in [1.807, 2.05) is 0 Å². The van der Waals surface area contributed by atoms with Crippen molar-refractivity contribution in [1.29, 1.82) is 0 Å². The molecular formula is C13H24N2O. The molecule has 1 saturated carbocycles. The minimum atomic E-state index is 0.0730. The highest BCUT2D eigenvalue weighted by Crippen LogP contribution is 2.28. The van der Waals surface area contributed by atoms with Crippen LogP contribution in [0.15, 0.2) is 0 Å². The van der Waals surface area contributed by atoms with E-state index in [2.05, 4.69) is 10.6 Å². The number of rotatable bonds is 4. The molecule has 3 heteroatoms. The lowest BCUT2D eigenvalue weighted by atomic mass is 9.83. The van der Waals surface area contributed by atoms with Gasteiger partial charge < -0.3 is 10.6 Å². The number of hydrogen-bond donors (Lipinski definition) is 2. The Morgan fingerprint density at radius 1 is 1.12 bits per heavy atom. The maximum atomic E-state index is 11.9. The molecule has 3 nitrogen and oxygen atoms in total. The Bertz CT molecular complexity index is 218. The maximum Gasteiger partial charge on any atom is 0.237 e. The molecule has 2 fully saturated rings. The lowest BCUT2D eigenvalue weighted by Crippen LogP contribution is -2.44. The van der Waals surface area contributed by atoms with E-state index in [-0.39, 0.29) is 11.9 Å². The van der Waals surface area contributed by atoms with E-state index in [1.165, 1.54) is 44.9 Å². The van der Waals surface area contributed by atoms with Crippen LogP contribution in [0.3, 0.4) is 0 Å². The van der Waals surface area contributed by atoms with E-state index < -0.39 is 0 Å². The summed E-state index contributed by atoms with van der Waals surface area (Å²) >= 11 is 0. The van der Waals surface area contributed by atoms with Crippen molar-refractivity contribution >= 4 is 5.91 Å². The van der Waals surface area contributed by atoms with Gasteiger partial charge in [-0.3, -0.25) is 4.79 Å². The van der Waals surface area contributed by atoms with Gasteiger partial charge in [-0.25, -0.2) is 0 Å². The van der Waals surface area contributed by atoms with Gasteiger partial charge >= 0.3 is 0 Å². The molecule has 0 aromatic heterocycles. The maximum absolute atomic E-state index is 11.9. The third-order valence-electron chi connectivity index (χ3n) is 3.95. The minimum absolute atomic E-state index is 0.0730. The number of carbonyl (C=O) groups is 1. The van der Waals surface area contributed by atoms with Crippen LogP contribution >= 0.6 is 0 Å². The second kappa shape index (κ2) is 6.24. The molecule has 0 aromatic rings. The van der Waals surface area contributed by atoms with Gasteiger partial charge in [0.1, 0.15) is 0 Å². The Kier molecular flexibility index (Phi) is 4.64. The lowest BCUT2D eigenvalue weighted by Gasteiger charge is -2.25. The third-order valence-corrected chi connectivity index (χ3v) is 3.95. The molecule has 2 rings (SSSR count). The summed E-state index contributed by atoms with van der Waals surface area (Å²) < 4.78 is 0. The minimum Gasteiger partial charge on any atom is -0.355 e. The summed E-state index contributed by atoms with van der Waals surface area (Å²) in [5.74, 6) is 1.11. The Labute approximate surface area is 98.4 Å². The van der Waals surface area contributed by atoms with Crippen molar-refractivity contribution in [2.24, 2.45) is 5.92 Å². The molecule has 0 bridgehead atoms. The van der Waals surface area contributed by atoms with Crippen LogP contribution in [0.5, 0.6) is 0 Å². The number of amides is 1. The Morgan fingerprint density at radius 2 is 2.00 bits per heavy atom. The fraction of sp³-hybridized carbons (Fsp3) is 0.923. The summed E-state index contributed by atoms with van der Waals surface area (Å²) in [5.41, 5.74) is 0. The second-order valence-electron chi connectivity index (χ2n) is 5.23. The molecule has 1 aliphatic heterocycles. The Hall–Kier alpha value is -0.570. The highest BCUT2D eigenvalue weighted by atomic mass is 16.2. The van der Waals surface area contributed by atoms with Crippen LogP contribution in [0.25, 0.3) is 0 Å². The topological polar surface area (TPSA) is 41.1 Å². The highest BCUT2D eigenvalue weighted by Gasteiger charge is 2.20. The zero-order valence-corrected chi connectivity index (χ0v) is 10.1. The van der Waals surface area contributed by atoms with E-state index in [4.69, 9.17) is 0 Å². The molecule has 1 atom stereocenters. The van der Waals surface area contributed by atoms with Crippen molar-refractivity contribution in [2.45, 2.75) is 57.4 Å². The summed E-state index contributed by atoms with van der Waals surface area (Å²) in [5, 5.41) is 6.41. The third kappa shape index (κ3) is 3.48. The monoisotopic (exact) mass is 224 g/mol. The van der Waals surface area contributed by atoms with E-state index in [0.29, 0.717) is 0 Å². The van der Waals surface area contributed by atoms with Crippen LogP contribution in [0.4, 0.5) is 0 Å². The molecule has 0 aromatic carbocycles. The zero-order valence-electron chi connectivity index (χ0n) is 10.1. The van der Waals surface area contributed by atoms with Crippen molar-refractivity contribution in [3.8, 4) is 0 Å². The van der Waals surface area contributed by atoms with Crippen LogP contribution in [-0.2, 0) is 4.79 Å². The quantitative estimate of drug-likeness (QED) is 0.765. The summed E-state index contributed by atoms with van der Waals surface area (Å²) in [6.07, 6.45) is 9.99. The van der Waals surface area contributed by atoms with Crippen molar-refractivity contribution in [2.75, 3.05) is 13.1 Å². The molecule has 1 heterocycles. The van der Waals surface area contributed by atoms with Gasteiger partial charge in [0.05, 0.1) is 6.04 Å². The Balaban J connectivity index is 1.61. The van der Waals surface area contributed by atoms with E-state index in [0.717, 1.165) is 25.4 Å². The smallest absolute Gasteiger partial charge is 0.237 e. The highest BCUT2D eigenvalue weighted by molar-refractivity contribution is 5.81. The SMILES string of the molecule is O=C(NCCC1CCC1)C1CCCCCN1. The zero-order chi connectivity index (χ0) is 11.2. The molecule has 2 N–H and O–H groups in total. The number of carbonyl (C=O) groups excluding carboxylic acids is 1. The molecular weight excluding hydrogens is 200 g/mol. The summed E-state index contributed by atoms with van der Waals surface area (Å²) in [6.45, 7) is 1.88. The molecule has 1 unspecified atom stereocenters. The van der Waals surface area contributed by atoms with Crippen molar-refractivity contribution < 1.29 is 4.79 Å². The average Bonchev–Trinajstić information content (AvgIpc) is 2.49. The lowest BCUT2D eigenvalue weighted by molar-refractivity contribution is -0.123. The molecule has 92 valence electrons. The van der Waals surface area contributed by atoms with Crippen LogP contribution < -0.4 is 10.6 Å². The van der Waals surface area contributed by atoms with Crippen LogP contribution in [-0.4, -0.2) is 25.0 Å². The summed E-state index contributed by atoms with van der Waals surface area (Å²) in [7, 11) is 0. The van der Waals surface area contributed by atoms with Gasteiger partial charge in [-0.15, -0.1) is 0 Å². The first-order valence-electron chi connectivity index (χ1n) is 6.87. The van der Waals surface area contributed by atoms with Crippen LogP contribution in [0.1, 0.15) is 51.4 Å². The van der Waals surface area contributed by atoms with E-state index in [1.54, 1.807) is 0 Å². The van der Waals surface area contributed by atoms with Crippen LogP contribution in [0.2, 0.25) is 0 Å². The van der Waals surface area contributed by atoms with Gasteiger partial charge in [0, 0.05) is 6.54 Å². The van der Waals surface area contributed by atoms with Gasteiger partial charge in [0.2, 0.25) is 5.91 Å². The predicted molar refractivity (Wildman–Crippen MR) is 65.2 cm³/mol. The summed E-state index contributed by atoms with van der Waals surface area (Å²) in [6, 6.07) is 0.0730. The van der Waals surface area contributed by atoms with Gasteiger partial charge in [0.25, 0.3) is 0 Å². The first-order valence-corrected chi connectivity index (χ1v) is 6.87. The molecule has 0 radical (unpaired) electrons. The van der Waals surface area contributed by atoms with E-state index >= 15 is 0 Å². The average molecular weight is 224 g/mol. The Morgan fingerprint density at radius 3 is 2.75 bits per heavy atom. The fourth-order valence-corrected chi connectivity index (χ4v) is 2.56. The number of nitrogens with one attached hydrogen (secondary N) is 2. The standard InChI is InChI=1S/C13H24N2O/c16-13(12-7-2-1-3-9-14-12)15-10-8-11-5-4-6-11/h11-12,14H,1-10H2,(H,15,16). The van der Waals surface area contributed by atoms with Gasteiger partial charge in [-0.1, -0.05) is 32.1 Å². The molecule has 16 heavy (non-hydrogen) atoms. The second-order valence-corrected chi connectivity index (χ2v) is 5.23. The molecule has 1 saturated heterocycles. The van der Waals surface area contributed by atoms with Crippen molar-refractivity contribution in [3.05, 3.63) is 0 Å². The van der Waals surface area contributed by atoms with Gasteiger partial charge in [0.15, 0.2) is 0 Å². The van der Waals surface area contributed by atoms with Crippen LogP contribution in [0, 0.1) is 5.92 Å². The van der Waals surface area contributed by atoms with Crippen molar-refractivity contribution in [1.82, 2.24) is 10.6 Å². The molecule has 2 aliphatic rings. The van der Waals surface area contributed by atoms with E-state index in [9.17, 15) is 4.79 Å². The first-order chi connectivity index (χ1) is 7.86. The molecule has 1 amide bonds. The molecule has 1 aliphatic carbocycles. The number of hydrogen-bond acceptors (Lipinski definition) is 2.